The van der Waals surface area contributed by atoms with Crippen molar-refractivity contribution in [3.8, 4) is 11.4 Å². The number of carboxylic acids is 1. The number of hydrogen-bond donors (Lipinski definition) is 2. The van der Waals surface area contributed by atoms with Crippen LogP contribution in [0.15, 0.2) is 24.5 Å². The summed E-state index contributed by atoms with van der Waals surface area (Å²) in [5.41, 5.74) is -0.435. The van der Waals surface area contributed by atoms with Crippen LogP contribution >= 0.6 is 11.8 Å². The molecule has 3 rings (SSSR count). The monoisotopic (exact) mass is 349 g/mol. The fourth-order valence-corrected chi connectivity index (χ4v) is 3.78. The van der Waals surface area contributed by atoms with Gasteiger partial charge in [0, 0.05) is 11.3 Å². The number of nitrogens with zero attached hydrogens (tertiary/aromatic N) is 4. The molecule has 0 bridgehead atoms. The van der Waals surface area contributed by atoms with Gasteiger partial charge < -0.3 is 15.2 Å². The molecule has 24 heavy (non-hydrogen) atoms. The molecule has 1 aromatic carbocycles. The molecule has 1 amide bonds. The number of ether oxygens (including phenoxy) is 1. The Labute approximate surface area is 141 Å². The second-order valence-electron chi connectivity index (χ2n) is 5.28. The highest BCUT2D eigenvalue weighted by Gasteiger charge is 2.43. The molecule has 0 aliphatic carbocycles. The third-order valence-electron chi connectivity index (χ3n) is 3.82. The molecule has 1 fully saturated rings. The summed E-state index contributed by atoms with van der Waals surface area (Å²) >= 11 is 1.51. The van der Waals surface area contributed by atoms with Gasteiger partial charge in [-0.25, -0.2) is 4.79 Å². The molecule has 1 unspecified atom stereocenters. The Morgan fingerprint density at radius 3 is 2.88 bits per heavy atom. The lowest BCUT2D eigenvalue weighted by Crippen LogP contribution is -2.54. The van der Waals surface area contributed by atoms with E-state index in [-0.39, 0.29) is 0 Å². The van der Waals surface area contributed by atoms with Crippen molar-refractivity contribution < 1.29 is 19.4 Å². The van der Waals surface area contributed by atoms with Gasteiger partial charge in [-0.2, -0.15) is 16.4 Å². The first-order chi connectivity index (χ1) is 11.6. The molecule has 0 spiro atoms. The van der Waals surface area contributed by atoms with Gasteiger partial charge in [0.1, 0.15) is 23.3 Å². The van der Waals surface area contributed by atoms with Crippen LogP contribution in [0.25, 0.3) is 5.69 Å². The molecule has 9 nitrogen and oxygen atoms in total. The summed E-state index contributed by atoms with van der Waals surface area (Å²) in [6.45, 7) is 0. The van der Waals surface area contributed by atoms with Crippen molar-refractivity contribution >= 4 is 23.6 Å². The van der Waals surface area contributed by atoms with E-state index < -0.39 is 17.4 Å². The quantitative estimate of drug-likeness (QED) is 0.794. The van der Waals surface area contributed by atoms with Crippen LogP contribution in [0.4, 0.5) is 0 Å². The predicted molar refractivity (Wildman–Crippen MR) is 85.5 cm³/mol. The second kappa shape index (κ2) is 6.48. The molecule has 1 aliphatic heterocycles. The number of carboxylic acid groups (broad SMARTS) is 1. The molecule has 2 aromatic rings. The van der Waals surface area contributed by atoms with Crippen LogP contribution in [0.2, 0.25) is 0 Å². The molecule has 0 radical (unpaired) electrons. The Morgan fingerprint density at radius 1 is 1.46 bits per heavy atom. The number of hydrogen-bond acceptors (Lipinski definition) is 7. The van der Waals surface area contributed by atoms with Gasteiger partial charge in [0.05, 0.1) is 7.11 Å². The third kappa shape index (κ3) is 2.92. The lowest BCUT2D eigenvalue weighted by Gasteiger charge is -2.24. The number of benzene rings is 1. The highest BCUT2D eigenvalue weighted by atomic mass is 32.2. The van der Waals surface area contributed by atoms with E-state index in [1.54, 1.807) is 18.2 Å². The largest absolute Gasteiger partial charge is 0.494 e. The first kappa shape index (κ1) is 16.2. The van der Waals surface area contributed by atoms with Gasteiger partial charge >= 0.3 is 5.97 Å². The van der Waals surface area contributed by atoms with Crippen molar-refractivity contribution in [2.75, 3.05) is 18.6 Å². The lowest BCUT2D eigenvalue weighted by atomic mass is 9.98. The highest BCUT2D eigenvalue weighted by molar-refractivity contribution is 7.99. The third-order valence-corrected chi connectivity index (χ3v) is 5.01. The highest BCUT2D eigenvalue weighted by Crippen LogP contribution is 2.29. The molecule has 2 N–H and O–H groups in total. The van der Waals surface area contributed by atoms with E-state index in [0.29, 0.717) is 34.9 Å². The molecule has 1 saturated heterocycles. The van der Waals surface area contributed by atoms with E-state index in [1.807, 2.05) is 0 Å². The van der Waals surface area contributed by atoms with Gasteiger partial charge in [-0.15, -0.1) is 5.10 Å². The topological polar surface area (TPSA) is 119 Å². The Balaban J connectivity index is 1.90. The predicted octanol–water partition coefficient (Wildman–Crippen LogP) is 0.361. The fraction of sp³-hybridized carbons (Fsp3) is 0.357. The van der Waals surface area contributed by atoms with E-state index in [1.165, 1.54) is 29.9 Å². The zero-order chi connectivity index (χ0) is 17.2. The number of nitrogens with one attached hydrogen (secondary N) is 1. The normalized spacial score (nSPS) is 19.9. The Morgan fingerprint density at radius 2 is 2.29 bits per heavy atom. The number of aromatic nitrogens is 4. The van der Waals surface area contributed by atoms with Gasteiger partial charge in [-0.3, -0.25) is 4.79 Å². The van der Waals surface area contributed by atoms with Crippen LogP contribution in [-0.2, 0) is 4.79 Å². The number of tetrazole rings is 1. The van der Waals surface area contributed by atoms with Crippen molar-refractivity contribution in [3.05, 3.63) is 30.1 Å². The average Bonchev–Trinajstić information content (AvgIpc) is 3.26. The molecule has 1 atom stereocenters. The number of amides is 1. The second-order valence-corrected chi connectivity index (χ2v) is 6.39. The molecule has 126 valence electrons. The van der Waals surface area contributed by atoms with E-state index in [2.05, 4.69) is 20.8 Å². The van der Waals surface area contributed by atoms with Gasteiger partial charge in [-0.05, 0) is 40.8 Å². The van der Waals surface area contributed by atoms with Gasteiger partial charge in [-0.1, -0.05) is 0 Å². The average molecular weight is 349 g/mol. The summed E-state index contributed by atoms with van der Waals surface area (Å²) in [4.78, 5) is 24.1. The fourth-order valence-electron chi connectivity index (χ4n) is 2.46. The maximum absolute atomic E-state index is 12.5. The summed E-state index contributed by atoms with van der Waals surface area (Å²) in [7, 11) is 1.50. The molecule has 1 aliphatic rings. The minimum atomic E-state index is -1.23. The standard InChI is InChI=1S/C14H15N5O4S/c1-23-11-3-2-9(6-10(11)19-8-15-17-18-19)12(20)16-14(13(21)22)4-5-24-7-14/h2-3,6,8H,4-5,7H2,1H3,(H,16,20)(H,21,22). The van der Waals surface area contributed by atoms with Crippen LogP contribution in [0.3, 0.4) is 0 Å². The van der Waals surface area contributed by atoms with E-state index in [9.17, 15) is 14.7 Å². The minimum absolute atomic E-state index is 0.304. The number of thioether (sulfide) groups is 1. The van der Waals surface area contributed by atoms with E-state index >= 15 is 0 Å². The molecule has 10 heteroatoms. The molecule has 1 aromatic heterocycles. The number of aliphatic carboxylic acids is 1. The van der Waals surface area contributed by atoms with Crippen LogP contribution in [-0.4, -0.2) is 61.3 Å². The molecule has 2 heterocycles. The van der Waals surface area contributed by atoms with Crippen molar-refractivity contribution in [1.82, 2.24) is 25.5 Å². The Kier molecular flexibility index (Phi) is 4.38. The van der Waals surface area contributed by atoms with Crippen molar-refractivity contribution in [2.24, 2.45) is 0 Å². The summed E-state index contributed by atoms with van der Waals surface area (Å²) in [6.07, 6.45) is 1.78. The summed E-state index contributed by atoms with van der Waals surface area (Å²) in [5, 5.41) is 23.0. The lowest BCUT2D eigenvalue weighted by molar-refractivity contribution is -0.143. The number of carbonyl (C=O) groups excluding carboxylic acids is 1. The minimum Gasteiger partial charge on any atom is -0.494 e. The number of carbonyl (C=O) groups is 2. The smallest absolute Gasteiger partial charge is 0.330 e. The molecular formula is C14H15N5O4S. The summed E-state index contributed by atoms with van der Waals surface area (Å²) < 4.78 is 6.62. The van der Waals surface area contributed by atoms with Crippen molar-refractivity contribution in [2.45, 2.75) is 12.0 Å². The first-order valence-corrected chi connectivity index (χ1v) is 8.26. The maximum Gasteiger partial charge on any atom is 0.330 e. The summed E-state index contributed by atoms with van der Waals surface area (Å²) in [6, 6.07) is 4.74. The zero-order valence-corrected chi connectivity index (χ0v) is 13.6. The number of rotatable bonds is 5. The molecule has 0 saturated carbocycles. The van der Waals surface area contributed by atoms with Crippen LogP contribution in [0.5, 0.6) is 5.75 Å². The first-order valence-electron chi connectivity index (χ1n) is 7.11. The van der Waals surface area contributed by atoms with Gasteiger partial charge in [0.2, 0.25) is 0 Å². The van der Waals surface area contributed by atoms with Crippen molar-refractivity contribution in [1.29, 1.82) is 0 Å². The van der Waals surface area contributed by atoms with Crippen LogP contribution < -0.4 is 10.1 Å². The SMILES string of the molecule is COc1ccc(C(=O)NC2(C(=O)O)CCSC2)cc1-n1cnnn1. The van der Waals surface area contributed by atoms with Crippen molar-refractivity contribution in [3.63, 3.8) is 0 Å². The zero-order valence-electron chi connectivity index (χ0n) is 12.8. The van der Waals surface area contributed by atoms with Gasteiger partial charge in [0.25, 0.3) is 5.91 Å². The Bertz CT molecular complexity index is 759. The van der Waals surface area contributed by atoms with Gasteiger partial charge in [0.15, 0.2) is 0 Å². The molecular weight excluding hydrogens is 334 g/mol. The number of methoxy groups -OCH3 is 1. The summed E-state index contributed by atoms with van der Waals surface area (Å²) in [5.74, 6) is 0.0602. The maximum atomic E-state index is 12.5. The van der Waals surface area contributed by atoms with Crippen LogP contribution in [0, 0.1) is 0 Å². The van der Waals surface area contributed by atoms with Crippen LogP contribution in [0.1, 0.15) is 16.8 Å². The van der Waals surface area contributed by atoms with E-state index in [4.69, 9.17) is 4.74 Å². The Hall–Kier alpha value is -2.62. The van der Waals surface area contributed by atoms with E-state index in [0.717, 1.165) is 0 Å².